The molecule has 9 unspecified atom stereocenters. The summed E-state index contributed by atoms with van der Waals surface area (Å²) in [5, 5.41) is 0. The van der Waals surface area contributed by atoms with Gasteiger partial charge in [0.25, 0.3) is 0 Å². The summed E-state index contributed by atoms with van der Waals surface area (Å²) >= 11 is 0. The average Bonchev–Trinajstić information content (AvgIpc) is 3.38. The Morgan fingerprint density at radius 1 is 0.787 bits per heavy atom. The number of carbonyl (C=O) groups excluding carboxylic acids is 2. The topological polar surface area (TPSA) is 105 Å². The number of nitrogen functional groups attached to an aromatic ring is 2. The predicted molar refractivity (Wildman–Crippen MR) is 189 cm³/mol. The van der Waals surface area contributed by atoms with E-state index in [-0.39, 0.29) is 17.6 Å². The molecule has 4 N–H and O–H groups in total. The average molecular weight is 643 g/mol. The fraction of sp³-hybridized carbons (Fsp3) is 0.659. The molecule has 47 heavy (non-hydrogen) atoms. The normalized spacial score (nSPS) is 33.7. The second-order valence-electron chi connectivity index (χ2n) is 16.8. The van der Waals surface area contributed by atoms with Gasteiger partial charge in [-0.3, -0.25) is 0 Å². The largest absolute Gasteiger partial charge is 0.459 e. The second-order valence-corrected chi connectivity index (χ2v) is 16.8. The van der Waals surface area contributed by atoms with Crippen LogP contribution in [0, 0.1) is 52.3 Å². The summed E-state index contributed by atoms with van der Waals surface area (Å²) in [7, 11) is 0. The second kappa shape index (κ2) is 13.5. The van der Waals surface area contributed by atoms with Gasteiger partial charge in [0, 0.05) is 11.4 Å². The van der Waals surface area contributed by atoms with Crippen molar-refractivity contribution in [1.82, 2.24) is 0 Å². The van der Waals surface area contributed by atoms with E-state index >= 15 is 0 Å². The molecule has 6 heteroatoms. The summed E-state index contributed by atoms with van der Waals surface area (Å²) in [6.45, 7) is 12.6. The van der Waals surface area contributed by atoms with Gasteiger partial charge in [-0.25, -0.2) is 9.59 Å². The van der Waals surface area contributed by atoms with Gasteiger partial charge in [-0.1, -0.05) is 53.9 Å². The number of anilines is 2. The monoisotopic (exact) mass is 642 g/mol. The van der Waals surface area contributed by atoms with Gasteiger partial charge in [0.05, 0.1) is 11.1 Å². The van der Waals surface area contributed by atoms with Crippen molar-refractivity contribution < 1.29 is 19.1 Å². The Bertz CT molecular complexity index is 1420. The van der Waals surface area contributed by atoms with Crippen molar-refractivity contribution in [3.8, 4) is 5.75 Å². The van der Waals surface area contributed by atoms with Gasteiger partial charge in [0.1, 0.15) is 11.9 Å². The van der Waals surface area contributed by atoms with E-state index in [2.05, 4.69) is 34.6 Å². The quantitative estimate of drug-likeness (QED) is 0.160. The third kappa shape index (κ3) is 6.81. The molecular weight excluding hydrogens is 584 g/mol. The number of hydrogen-bond donors (Lipinski definition) is 2. The van der Waals surface area contributed by atoms with Crippen molar-refractivity contribution in [1.29, 1.82) is 0 Å². The first kappa shape index (κ1) is 33.9. The number of nitrogens with two attached hydrogens (primary N) is 2. The standard InChI is InChI=1S/C41H58N2O4/c1-25(2)7-6-8-26(3)35-15-16-36-34-14-11-29-23-33(17-19-40(29,4)37(34)18-20-41(35,36)5)47-38(44)27-9-12-32(13-10-27)46-39(45)28-21-30(42)24-31(43)22-28/h9-10,12-13,21-22,24-26,29,33-37H,6-8,11,14-20,23,42-43H2,1-5H3. The number of ether oxygens (including phenoxy) is 2. The molecule has 256 valence electrons. The third-order valence-corrected chi connectivity index (χ3v) is 13.6. The van der Waals surface area contributed by atoms with Crippen molar-refractivity contribution >= 4 is 23.3 Å². The van der Waals surface area contributed by atoms with Crippen molar-refractivity contribution in [2.45, 2.75) is 118 Å². The van der Waals surface area contributed by atoms with Crippen LogP contribution in [0.5, 0.6) is 5.75 Å². The molecule has 6 rings (SSSR count). The predicted octanol–water partition coefficient (Wildman–Crippen LogP) is 9.72. The smallest absolute Gasteiger partial charge is 0.343 e. The molecule has 6 nitrogen and oxygen atoms in total. The van der Waals surface area contributed by atoms with Gasteiger partial charge in [-0.15, -0.1) is 0 Å². The maximum atomic E-state index is 13.2. The Morgan fingerprint density at radius 3 is 2.17 bits per heavy atom. The van der Waals surface area contributed by atoms with Crippen LogP contribution < -0.4 is 16.2 Å². The molecular formula is C41H58N2O4. The zero-order chi connectivity index (χ0) is 33.5. The Morgan fingerprint density at radius 2 is 1.47 bits per heavy atom. The molecule has 0 radical (unpaired) electrons. The number of fused-ring (bicyclic) bond motifs is 5. The number of benzene rings is 2. The summed E-state index contributed by atoms with van der Waals surface area (Å²) < 4.78 is 11.6. The van der Waals surface area contributed by atoms with Crippen molar-refractivity contribution in [3.05, 3.63) is 53.6 Å². The summed E-state index contributed by atoms with van der Waals surface area (Å²) in [5.74, 6) is 5.22. The molecule has 0 heterocycles. The van der Waals surface area contributed by atoms with E-state index in [9.17, 15) is 9.59 Å². The first-order valence-electron chi connectivity index (χ1n) is 18.6. The van der Waals surface area contributed by atoms with E-state index < -0.39 is 5.97 Å². The van der Waals surface area contributed by atoms with Crippen LogP contribution >= 0.6 is 0 Å². The molecule has 0 bridgehead atoms. The lowest BCUT2D eigenvalue weighted by atomic mass is 9.44. The van der Waals surface area contributed by atoms with Crippen LogP contribution in [-0.2, 0) is 4.74 Å². The molecule has 4 saturated carbocycles. The SMILES string of the molecule is CC(C)CCCC(C)C1CCC2C3CCC4CC(OC(=O)c5ccc(OC(=O)c6cc(N)cc(N)c6)cc5)CCC4(C)C3CCC12C. The molecule has 4 fully saturated rings. The van der Waals surface area contributed by atoms with Gasteiger partial charge in [-0.2, -0.15) is 0 Å². The summed E-state index contributed by atoms with van der Waals surface area (Å²) in [6.07, 6.45) is 15.4. The van der Waals surface area contributed by atoms with Crippen LogP contribution in [0.1, 0.15) is 132 Å². The van der Waals surface area contributed by atoms with Crippen molar-refractivity contribution in [2.75, 3.05) is 11.5 Å². The lowest BCUT2D eigenvalue weighted by molar-refractivity contribution is -0.130. The minimum atomic E-state index is -0.554. The maximum Gasteiger partial charge on any atom is 0.343 e. The summed E-state index contributed by atoms with van der Waals surface area (Å²) in [5.41, 5.74) is 14.0. The van der Waals surface area contributed by atoms with E-state index in [4.69, 9.17) is 20.9 Å². The molecule has 2 aromatic rings. The van der Waals surface area contributed by atoms with E-state index in [1.54, 1.807) is 30.3 Å². The van der Waals surface area contributed by atoms with Gasteiger partial charge in [0.15, 0.2) is 0 Å². The highest BCUT2D eigenvalue weighted by molar-refractivity contribution is 5.93. The minimum absolute atomic E-state index is 0.0416. The summed E-state index contributed by atoms with van der Waals surface area (Å²) in [6, 6.07) is 11.2. The number of esters is 2. The van der Waals surface area contributed by atoms with E-state index in [0.29, 0.717) is 39.4 Å². The van der Waals surface area contributed by atoms with Crippen molar-refractivity contribution in [2.24, 2.45) is 52.3 Å². The molecule has 0 saturated heterocycles. The van der Waals surface area contributed by atoms with E-state index in [1.807, 2.05) is 0 Å². The van der Waals surface area contributed by atoms with Crippen molar-refractivity contribution in [3.63, 3.8) is 0 Å². The first-order valence-corrected chi connectivity index (χ1v) is 18.6. The number of hydrogen-bond acceptors (Lipinski definition) is 6. The summed E-state index contributed by atoms with van der Waals surface area (Å²) in [4.78, 5) is 25.8. The zero-order valence-corrected chi connectivity index (χ0v) is 29.4. The van der Waals surface area contributed by atoms with Crippen LogP contribution in [0.15, 0.2) is 42.5 Å². The fourth-order valence-electron chi connectivity index (χ4n) is 11.2. The van der Waals surface area contributed by atoms with E-state index in [0.717, 1.165) is 54.8 Å². The Hall–Kier alpha value is -3.02. The molecule has 0 spiro atoms. The molecule has 4 aliphatic carbocycles. The Kier molecular flexibility index (Phi) is 9.71. The molecule has 0 aromatic heterocycles. The van der Waals surface area contributed by atoms with Crippen LogP contribution in [0.2, 0.25) is 0 Å². The van der Waals surface area contributed by atoms with Crippen LogP contribution in [0.3, 0.4) is 0 Å². The number of rotatable bonds is 9. The van der Waals surface area contributed by atoms with Crippen LogP contribution in [-0.4, -0.2) is 18.0 Å². The lowest BCUT2D eigenvalue weighted by Gasteiger charge is -2.61. The molecule has 2 aromatic carbocycles. The Labute approximate surface area is 282 Å². The molecule has 0 aliphatic heterocycles. The Balaban J connectivity index is 1.03. The van der Waals surface area contributed by atoms with Gasteiger partial charge >= 0.3 is 11.9 Å². The molecule has 0 amide bonds. The third-order valence-electron chi connectivity index (χ3n) is 13.6. The molecule has 4 aliphatic rings. The minimum Gasteiger partial charge on any atom is -0.459 e. The first-order chi connectivity index (χ1) is 22.4. The zero-order valence-electron chi connectivity index (χ0n) is 29.4. The van der Waals surface area contributed by atoms with Crippen LogP contribution in [0.25, 0.3) is 0 Å². The van der Waals surface area contributed by atoms with Gasteiger partial charge in [-0.05, 0) is 153 Å². The highest BCUT2D eigenvalue weighted by Crippen LogP contribution is 2.68. The number of carbonyl (C=O) groups is 2. The van der Waals surface area contributed by atoms with Crippen LogP contribution in [0.4, 0.5) is 11.4 Å². The van der Waals surface area contributed by atoms with Gasteiger partial charge in [0.2, 0.25) is 0 Å². The highest BCUT2D eigenvalue weighted by Gasteiger charge is 2.60. The highest BCUT2D eigenvalue weighted by atomic mass is 16.5. The fourth-order valence-corrected chi connectivity index (χ4v) is 11.2. The molecule has 9 atom stereocenters. The van der Waals surface area contributed by atoms with E-state index in [1.165, 1.54) is 69.9 Å². The van der Waals surface area contributed by atoms with Gasteiger partial charge < -0.3 is 20.9 Å². The lowest BCUT2D eigenvalue weighted by Crippen LogP contribution is -2.54. The maximum absolute atomic E-state index is 13.2.